The highest BCUT2D eigenvalue weighted by molar-refractivity contribution is 5.93. The van der Waals surface area contributed by atoms with Crippen molar-refractivity contribution in [1.82, 2.24) is 19.7 Å². The molecule has 0 aliphatic rings. The minimum Gasteiger partial charge on any atom is -0.478 e. The molecule has 0 saturated carbocycles. The van der Waals surface area contributed by atoms with E-state index in [9.17, 15) is 9.18 Å². The fourth-order valence-electron chi connectivity index (χ4n) is 1.96. The zero-order valence-corrected chi connectivity index (χ0v) is 12.8. The number of amides is 1. The summed E-state index contributed by atoms with van der Waals surface area (Å²) < 4.78 is 20.4. The van der Waals surface area contributed by atoms with Crippen molar-refractivity contribution in [3.63, 3.8) is 0 Å². The molecule has 122 valence electrons. The van der Waals surface area contributed by atoms with Crippen molar-refractivity contribution >= 4 is 11.7 Å². The van der Waals surface area contributed by atoms with Crippen LogP contribution in [-0.2, 0) is 4.79 Å². The molecule has 2 aromatic heterocycles. The molecule has 8 heteroatoms. The number of hydrogen-bond donors (Lipinski definition) is 1. The van der Waals surface area contributed by atoms with Gasteiger partial charge in [-0.05, 0) is 25.1 Å². The van der Waals surface area contributed by atoms with Crippen LogP contribution in [0.4, 0.5) is 10.2 Å². The van der Waals surface area contributed by atoms with Crippen LogP contribution < -0.4 is 10.1 Å². The van der Waals surface area contributed by atoms with Gasteiger partial charge in [0.1, 0.15) is 12.1 Å². The van der Waals surface area contributed by atoms with Gasteiger partial charge in [-0.2, -0.15) is 5.10 Å². The van der Waals surface area contributed by atoms with Crippen LogP contribution in [0.5, 0.6) is 5.75 Å². The molecular weight excluding hydrogens is 313 g/mol. The van der Waals surface area contributed by atoms with Gasteiger partial charge in [-0.15, -0.1) is 0 Å². The first-order valence-electron chi connectivity index (χ1n) is 7.17. The van der Waals surface area contributed by atoms with Crippen LogP contribution in [0.15, 0.2) is 55.1 Å². The van der Waals surface area contributed by atoms with Crippen molar-refractivity contribution < 1.29 is 13.9 Å². The number of rotatable bonds is 5. The molecule has 0 fully saturated rings. The Morgan fingerprint density at radius 2 is 2.12 bits per heavy atom. The Kier molecular flexibility index (Phi) is 4.46. The number of aromatic nitrogens is 4. The van der Waals surface area contributed by atoms with Gasteiger partial charge in [0, 0.05) is 18.5 Å². The Bertz CT molecular complexity index is 838. The number of benzene rings is 1. The lowest BCUT2D eigenvalue weighted by Gasteiger charge is -2.15. The van der Waals surface area contributed by atoms with E-state index in [1.54, 1.807) is 36.7 Å². The second-order valence-corrected chi connectivity index (χ2v) is 4.89. The molecule has 1 amide bonds. The molecule has 0 spiro atoms. The Morgan fingerprint density at radius 1 is 1.29 bits per heavy atom. The molecule has 24 heavy (non-hydrogen) atoms. The van der Waals surface area contributed by atoms with Gasteiger partial charge >= 0.3 is 0 Å². The number of para-hydroxylation sites is 1. The SMILES string of the molecule is C[C@H](Oc1ccccc1F)C(=O)Nc1cc(-n2cccn2)ncn1. The molecule has 7 nitrogen and oxygen atoms in total. The summed E-state index contributed by atoms with van der Waals surface area (Å²) in [6.07, 6.45) is 3.75. The lowest BCUT2D eigenvalue weighted by atomic mass is 10.3. The first kappa shape index (κ1) is 15.6. The van der Waals surface area contributed by atoms with E-state index in [4.69, 9.17) is 4.74 Å². The van der Waals surface area contributed by atoms with E-state index in [0.29, 0.717) is 11.6 Å². The second-order valence-electron chi connectivity index (χ2n) is 4.89. The molecule has 0 unspecified atom stereocenters. The lowest BCUT2D eigenvalue weighted by Crippen LogP contribution is -2.30. The van der Waals surface area contributed by atoms with Crippen LogP contribution in [0.3, 0.4) is 0 Å². The molecule has 0 bridgehead atoms. The number of nitrogens with one attached hydrogen (secondary N) is 1. The smallest absolute Gasteiger partial charge is 0.266 e. The van der Waals surface area contributed by atoms with E-state index in [-0.39, 0.29) is 5.75 Å². The highest BCUT2D eigenvalue weighted by atomic mass is 19.1. The average Bonchev–Trinajstić information content (AvgIpc) is 3.12. The van der Waals surface area contributed by atoms with E-state index in [1.165, 1.54) is 30.1 Å². The summed E-state index contributed by atoms with van der Waals surface area (Å²) in [5.74, 6) is -0.166. The molecule has 2 heterocycles. The van der Waals surface area contributed by atoms with E-state index < -0.39 is 17.8 Å². The van der Waals surface area contributed by atoms with Crippen molar-refractivity contribution in [2.45, 2.75) is 13.0 Å². The van der Waals surface area contributed by atoms with Crippen LogP contribution in [-0.4, -0.2) is 31.8 Å². The predicted molar refractivity (Wildman–Crippen MR) is 84.3 cm³/mol. The first-order chi connectivity index (χ1) is 11.6. The molecule has 0 aliphatic carbocycles. The fourth-order valence-corrected chi connectivity index (χ4v) is 1.96. The van der Waals surface area contributed by atoms with Gasteiger partial charge in [-0.1, -0.05) is 12.1 Å². The van der Waals surface area contributed by atoms with Gasteiger partial charge in [0.2, 0.25) is 0 Å². The standard InChI is InChI=1S/C16H14FN5O2/c1-11(24-13-6-3-2-5-12(13)17)16(23)21-14-9-15(19-10-18-14)22-8-4-7-20-22/h2-11H,1H3,(H,18,19,21,23)/t11-/m0/s1. The third-order valence-corrected chi connectivity index (χ3v) is 3.15. The Labute approximate surface area is 137 Å². The second kappa shape index (κ2) is 6.86. The maximum absolute atomic E-state index is 13.6. The summed E-state index contributed by atoms with van der Waals surface area (Å²) in [4.78, 5) is 20.2. The number of ether oxygens (including phenoxy) is 1. The summed E-state index contributed by atoms with van der Waals surface area (Å²) in [7, 11) is 0. The van der Waals surface area contributed by atoms with Crippen molar-refractivity contribution in [2.24, 2.45) is 0 Å². The summed E-state index contributed by atoms with van der Waals surface area (Å²) in [6, 6.07) is 9.22. The fraction of sp³-hybridized carbons (Fsp3) is 0.125. The zero-order valence-electron chi connectivity index (χ0n) is 12.8. The molecule has 1 aromatic carbocycles. The summed E-state index contributed by atoms with van der Waals surface area (Å²) in [5, 5.41) is 6.66. The van der Waals surface area contributed by atoms with Crippen molar-refractivity contribution in [3.05, 3.63) is 60.9 Å². The van der Waals surface area contributed by atoms with Gasteiger partial charge in [-0.25, -0.2) is 19.0 Å². The van der Waals surface area contributed by atoms with Crippen LogP contribution in [0.1, 0.15) is 6.92 Å². The largest absolute Gasteiger partial charge is 0.478 e. The van der Waals surface area contributed by atoms with E-state index in [0.717, 1.165) is 0 Å². The number of hydrogen-bond acceptors (Lipinski definition) is 5. The zero-order chi connectivity index (χ0) is 16.9. The Balaban J connectivity index is 1.68. The number of anilines is 1. The molecule has 1 atom stereocenters. The number of nitrogens with zero attached hydrogens (tertiary/aromatic N) is 4. The predicted octanol–water partition coefficient (Wildman–Crippen LogP) is 2.21. The quantitative estimate of drug-likeness (QED) is 0.777. The molecule has 1 N–H and O–H groups in total. The van der Waals surface area contributed by atoms with Crippen molar-refractivity contribution in [3.8, 4) is 11.6 Å². The highest BCUT2D eigenvalue weighted by Crippen LogP contribution is 2.17. The monoisotopic (exact) mass is 327 g/mol. The van der Waals surface area contributed by atoms with E-state index in [2.05, 4.69) is 20.4 Å². The maximum Gasteiger partial charge on any atom is 0.266 e. The Hall–Kier alpha value is -3.29. The number of carbonyl (C=O) groups excluding carboxylic acids is 1. The van der Waals surface area contributed by atoms with Crippen LogP contribution in [0.25, 0.3) is 5.82 Å². The highest BCUT2D eigenvalue weighted by Gasteiger charge is 2.17. The third-order valence-electron chi connectivity index (χ3n) is 3.15. The van der Waals surface area contributed by atoms with Crippen molar-refractivity contribution in [1.29, 1.82) is 0 Å². The maximum atomic E-state index is 13.6. The molecule has 0 aliphatic heterocycles. The number of halogens is 1. The molecule has 0 saturated heterocycles. The van der Waals surface area contributed by atoms with Gasteiger partial charge in [0.25, 0.3) is 5.91 Å². The lowest BCUT2D eigenvalue weighted by molar-refractivity contribution is -0.122. The summed E-state index contributed by atoms with van der Waals surface area (Å²) >= 11 is 0. The molecule has 3 rings (SSSR count). The normalized spacial score (nSPS) is 11.8. The van der Waals surface area contributed by atoms with E-state index >= 15 is 0 Å². The topological polar surface area (TPSA) is 81.9 Å². The molecular formula is C16H14FN5O2. The van der Waals surface area contributed by atoms with Gasteiger partial charge in [0.05, 0.1) is 0 Å². The molecule has 3 aromatic rings. The minimum absolute atomic E-state index is 0.0140. The number of carbonyl (C=O) groups is 1. The average molecular weight is 327 g/mol. The van der Waals surface area contributed by atoms with Crippen LogP contribution >= 0.6 is 0 Å². The van der Waals surface area contributed by atoms with Gasteiger partial charge < -0.3 is 10.1 Å². The first-order valence-corrected chi connectivity index (χ1v) is 7.17. The summed E-state index contributed by atoms with van der Waals surface area (Å²) in [6.45, 7) is 1.53. The van der Waals surface area contributed by atoms with E-state index in [1.807, 2.05) is 0 Å². The van der Waals surface area contributed by atoms with Crippen molar-refractivity contribution in [2.75, 3.05) is 5.32 Å². The van der Waals surface area contributed by atoms with Gasteiger partial charge in [0.15, 0.2) is 23.5 Å². The molecule has 0 radical (unpaired) electrons. The van der Waals surface area contributed by atoms with Gasteiger partial charge in [-0.3, -0.25) is 4.79 Å². The minimum atomic E-state index is -0.898. The van der Waals surface area contributed by atoms with Crippen LogP contribution in [0.2, 0.25) is 0 Å². The Morgan fingerprint density at radius 3 is 2.88 bits per heavy atom. The third kappa shape index (κ3) is 3.54. The summed E-state index contributed by atoms with van der Waals surface area (Å²) in [5.41, 5.74) is 0. The van der Waals surface area contributed by atoms with Crippen LogP contribution in [0, 0.1) is 5.82 Å².